The van der Waals surface area contributed by atoms with Gasteiger partial charge < -0.3 is 9.47 Å². The van der Waals surface area contributed by atoms with Crippen LogP contribution < -0.4 is 9.47 Å². The first-order chi connectivity index (χ1) is 10.7. The number of ketones is 1. The van der Waals surface area contributed by atoms with Gasteiger partial charge in [-0.3, -0.25) is 4.79 Å². The number of hydrogen-bond acceptors (Lipinski definition) is 3. The standard InChI is InChI=1S/C19H18O3/c1-3-22-18-11-13(8-9-17(18)21-2)10-15-12-14-6-4-5-7-16(14)19(15)20/h4-11H,3,12H2,1-2H3/b15-10+. The molecule has 0 aliphatic heterocycles. The Bertz CT molecular complexity index is 744. The first-order valence-electron chi connectivity index (χ1n) is 7.37. The summed E-state index contributed by atoms with van der Waals surface area (Å²) in [6.45, 7) is 2.50. The molecule has 0 atom stereocenters. The molecule has 0 unspecified atom stereocenters. The minimum absolute atomic E-state index is 0.115. The van der Waals surface area contributed by atoms with Crippen LogP contribution in [0.1, 0.15) is 28.4 Å². The monoisotopic (exact) mass is 294 g/mol. The van der Waals surface area contributed by atoms with Crippen LogP contribution in [0, 0.1) is 0 Å². The summed E-state index contributed by atoms with van der Waals surface area (Å²) >= 11 is 0. The van der Waals surface area contributed by atoms with Gasteiger partial charge in [-0.25, -0.2) is 0 Å². The number of methoxy groups -OCH3 is 1. The molecule has 0 N–H and O–H groups in total. The molecule has 0 fully saturated rings. The number of carbonyl (C=O) groups excluding carboxylic acids is 1. The number of allylic oxidation sites excluding steroid dienone is 1. The quantitative estimate of drug-likeness (QED) is 0.802. The maximum atomic E-state index is 12.4. The highest BCUT2D eigenvalue weighted by molar-refractivity contribution is 6.15. The zero-order valence-electron chi connectivity index (χ0n) is 12.8. The Morgan fingerprint density at radius 2 is 1.95 bits per heavy atom. The van der Waals surface area contributed by atoms with E-state index in [9.17, 15) is 4.79 Å². The second kappa shape index (κ2) is 6.06. The van der Waals surface area contributed by atoms with Gasteiger partial charge in [-0.05, 0) is 36.3 Å². The minimum atomic E-state index is 0.115. The molecule has 112 valence electrons. The first-order valence-corrected chi connectivity index (χ1v) is 7.37. The topological polar surface area (TPSA) is 35.5 Å². The SMILES string of the molecule is CCOc1cc(/C=C2\Cc3ccccc3C2=O)ccc1OC. The average Bonchev–Trinajstić information content (AvgIpc) is 2.85. The van der Waals surface area contributed by atoms with E-state index < -0.39 is 0 Å². The lowest BCUT2D eigenvalue weighted by molar-refractivity contribution is 0.104. The van der Waals surface area contributed by atoms with Gasteiger partial charge in [0.05, 0.1) is 13.7 Å². The number of Topliss-reactive ketones (excluding diaryl/α,β-unsaturated/α-hetero) is 1. The van der Waals surface area contributed by atoms with Crippen molar-refractivity contribution in [2.75, 3.05) is 13.7 Å². The minimum Gasteiger partial charge on any atom is -0.493 e. The fourth-order valence-electron chi connectivity index (χ4n) is 2.72. The highest BCUT2D eigenvalue weighted by Gasteiger charge is 2.23. The Kier molecular flexibility index (Phi) is 3.96. The Hall–Kier alpha value is -2.55. The summed E-state index contributed by atoms with van der Waals surface area (Å²) < 4.78 is 10.9. The molecule has 0 bridgehead atoms. The fourth-order valence-corrected chi connectivity index (χ4v) is 2.72. The van der Waals surface area contributed by atoms with Gasteiger partial charge in [0, 0.05) is 17.6 Å². The van der Waals surface area contributed by atoms with Crippen LogP contribution in [0.15, 0.2) is 48.0 Å². The third kappa shape index (κ3) is 2.62. The molecule has 1 aliphatic carbocycles. The molecule has 0 amide bonds. The molecule has 1 aliphatic rings. The van der Waals surface area contributed by atoms with Crippen molar-refractivity contribution in [3.05, 3.63) is 64.7 Å². The molecule has 3 rings (SSSR count). The second-order valence-corrected chi connectivity index (χ2v) is 5.18. The van der Waals surface area contributed by atoms with Crippen molar-refractivity contribution >= 4 is 11.9 Å². The molecule has 22 heavy (non-hydrogen) atoms. The first kappa shape index (κ1) is 14.4. The van der Waals surface area contributed by atoms with Gasteiger partial charge in [0.25, 0.3) is 0 Å². The van der Waals surface area contributed by atoms with Crippen LogP contribution in [0.25, 0.3) is 6.08 Å². The third-order valence-electron chi connectivity index (χ3n) is 3.76. The average molecular weight is 294 g/mol. The van der Waals surface area contributed by atoms with Crippen molar-refractivity contribution in [1.82, 2.24) is 0 Å². The Morgan fingerprint density at radius 1 is 1.14 bits per heavy atom. The summed E-state index contributed by atoms with van der Waals surface area (Å²) in [5.41, 5.74) is 3.67. The van der Waals surface area contributed by atoms with Gasteiger partial charge in [-0.15, -0.1) is 0 Å². The van der Waals surface area contributed by atoms with E-state index in [2.05, 4.69) is 0 Å². The van der Waals surface area contributed by atoms with Crippen LogP contribution in [0.5, 0.6) is 11.5 Å². The van der Waals surface area contributed by atoms with E-state index in [1.54, 1.807) is 7.11 Å². The number of fused-ring (bicyclic) bond motifs is 1. The van der Waals surface area contributed by atoms with Crippen LogP contribution in [0.2, 0.25) is 0 Å². The highest BCUT2D eigenvalue weighted by atomic mass is 16.5. The van der Waals surface area contributed by atoms with Crippen molar-refractivity contribution < 1.29 is 14.3 Å². The van der Waals surface area contributed by atoms with E-state index in [1.807, 2.05) is 55.5 Å². The summed E-state index contributed by atoms with van der Waals surface area (Å²) in [6.07, 6.45) is 2.62. The van der Waals surface area contributed by atoms with Crippen LogP contribution in [-0.4, -0.2) is 19.5 Å². The summed E-state index contributed by atoms with van der Waals surface area (Å²) in [5, 5.41) is 0. The Morgan fingerprint density at radius 3 is 2.68 bits per heavy atom. The van der Waals surface area contributed by atoms with Gasteiger partial charge in [0.1, 0.15) is 0 Å². The van der Waals surface area contributed by atoms with Gasteiger partial charge in [-0.1, -0.05) is 30.3 Å². The molecule has 2 aromatic rings. The van der Waals surface area contributed by atoms with E-state index >= 15 is 0 Å². The van der Waals surface area contributed by atoms with E-state index in [-0.39, 0.29) is 5.78 Å². The normalized spacial score (nSPS) is 15.0. The van der Waals surface area contributed by atoms with Crippen molar-refractivity contribution in [2.45, 2.75) is 13.3 Å². The van der Waals surface area contributed by atoms with Gasteiger partial charge in [0.15, 0.2) is 17.3 Å². The second-order valence-electron chi connectivity index (χ2n) is 5.18. The number of rotatable bonds is 4. The third-order valence-corrected chi connectivity index (χ3v) is 3.76. The van der Waals surface area contributed by atoms with Crippen molar-refractivity contribution in [2.24, 2.45) is 0 Å². The zero-order chi connectivity index (χ0) is 15.5. The molecule has 0 saturated heterocycles. The van der Waals surface area contributed by atoms with Gasteiger partial charge in [-0.2, -0.15) is 0 Å². The highest BCUT2D eigenvalue weighted by Crippen LogP contribution is 2.31. The lowest BCUT2D eigenvalue weighted by Gasteiger charge is -2.10. The maximum absolute atomic E-state index is 12.4. The molecular formula is C19H18O3. The zero-order valence-corrected chi connectivity index (χ0v) is 12.8. The molecule has 3 nitrogen and oxygen atoms in total. The molecule has 0 aromatic heterocycles. The number of hydrogen-bond donors (Lipinski definition) is 0. The van der Waals surface area contributed by atoms with E-state index in [0.717, 1.165) is 22.3 Å². The number of ether oxygens (including phenoxy) is 2. The van der Waals surface area contributed by atoms with Crippen LogP contribution in [0.3, 0.4) is 0 Å². The summed E-state index contributed by atoms with van der Waals surface area (Å²) in [7, 11) is 1.62. The summed E-state index contributed by atoms with van der Waals surface area (Å²) in [4.78, 5) is 12.4. The van der Waals surface area contributed by atoms with E-state index in [1.165, 1.54) is 0 Å². The predicted octanol–water partition coefficient (Wildman–Crippen LogP) is 3.92. The Labute approximate surface area is 130 Å². The molecule has 0 heterocycles. The summed E-state index contributed by atoms with van der Waals surface area (Å²) in [6, 6.07) is 13.5. The fraction of sp³-hybridized carbons (Fsp3) is 0.211. The summed E-state index contributed by atoms with van der Waals surface area (Å²) in [5.74, 6) is 1.51. The van der Waals surface area contributed by atoms with Gasteiger partial charge >= 0.3 is 0 Å². The lowest BCUT2D eigenvalue weighted by Crippen LogP contribution is -1.97. The number of benzene rings is 2. The van der Waals surface area contributed by atoms with E-state index in [4.69, 9.17) is 9.47 Å². The van der Waals surface area contributed by atoms with Gasteiger partial charge in [0.2, 0.25) is 0 Å². The lowest BCUT2D eigenvalue weighted by atomic mass is 10.1. The maximum Gasteiger partial charge on any atom is 0.189 e. The van der Waals surface area contributed by atoms with Crippen LogP contribution >= 0.6 is 0 Å². The van der Waals surface area contributed by atoms with Crippen molar-refractivity contribution in [1.29, 1.82) is 0 Å². The largest absolute Gasteiger partial charge is 0.493 e. The van der Waals surface area contributed by atoms with E-state index in [0.29, 0.717) is 24.5 Å². The molecule has 3 heteroatoms. The van der Waals surface area contributed by atoms with Crippen LogP contribution in [0.4, 0.5) is 0 Å². The Balaban J connectivity index is 1.93. The molecule has 2 aromatic carbocycles. The molecule has 0 spiro atoms. The predicted molar refractivity (Wildman–Crippen MR) is 86.6 cm³/mol. The molecule has 0 radical (unpaired) electrons. The van der Waals surface area contributed by atoms with Crippen molar-refractivity contribution in [3.8, 4) is 11.5 Å². The number of carbonyl (C=O) groups is 1. The molecular weight excluding hydrogens is 276 g/mol. The molecule has 0 saturated carbocycles. The van der Waals surface area contributed by atoms with Crippen LogP contribution in [-0.2, 0) is 6.42 Å². The smallest absolute Gasteiger partial charge is 0.189 e. The van der Waals surface area contributed by atoms with Crippen molar-refractivity contribution in [3.63, 3.8) is 0 Å².